The molecule has 4 rings (SSSR count). The first-order valence-electron chi connectivity index (χ1n) is 11.2. The van der Waals surface area contributed by atoms with Crippen LogP contribution < -0.4 is 5.56 Å². The quantitative estimate of drug-likeness (QED) is 0.649. The SMILES string of the molecule is CCn1c(C)cc(O)c([C@H](c2cccnc2)N2CCC(Cc3ccccc3)CC2)c1=O. The molecule has 1 saturated heterocycles. The summed E-state index contributed by atoms with van der Waals surface area (Å²) in [5.74, 6) is 0.708. The van der Waals surface area contributed by atoms with Gasteiger partial charge in [-0.3, -0.25) is 14.7 Å². The maximum Gasteiger partial charge on any atom is 0.259 e. The summed E-state index contributed by atoms with van der Waals surface area (Å²) < 4.78 is 1.74. The Hall–Kier alpha value is -2.92. The smallest absolute Gasteiger partial charge is 0.259 e. The molecule has 0 radical (unpaired) electrons. The second-order valence-corrected chi connectivity index (χ2v) is 8.49. The number of piperidine rings is 1. The van der Waals surface area contributed by atoms with Gasteiger partial charge in [0, 0.05) is 24.6 Å². The van der Waals surface area contributed by atoms with Gasteiger partial charge in [-0.15, -0.1) is 0 Å². The first-order chi connectivity index (χ1) is 15.1. The van der Waals surface area contributed by atoms with Crippen molar-refractivity contribution in [3.8, 4) is 5.75 Å². The summed E-state index contributed by atoms with van der Waals surface area (Å²) >= 11 is 0. The highest BCUT2D eigenvalue weighted by Crippen LogP contribution is 2.35. The van der Waals surface area contributed by atoms with E-state index in [9.17, 15) is 9.90 Å². The van der Waals surface area contributed by atoms with Crippen molar-refractivity contribution in [2.45, 2.75) is 45.7 Å². The third-order valence-corrected chi connectivity index (χ3v) is 6.49. The summed E-state index contributed by atoms with van der Waals surface area (Å²) in [4.78, 5) is 20.0. The van der Waals surface area contributed by atoms with Gasteiger partial charge in [0.15, 0.2) is 0 Å². The Morgan fingerprint density at radius 3 is 2.52 bits per heavy atom. The number of nitrogens with zero attached hydrogens (tertiary/aromatic N) is 3. The molecule has 1 N–H and O–H groups in total. The first-order valence-corrected chi connectivity index (χ1v) is 11.2. The van der Waals surface area contributed by atoms with Gasteiger partial charge < -0.3 is 9.67 Å². The molecule has 0 aliphatic carbocycles. The molecule has 3 aromatic rings. The molecule has 162 valence electrons. The standard InChI is InChI=1S/C26H31N3O2/c1-3-29-19(2)16-23(30)24(26(29)31)25(22-10-7-13-27-18-22)28-14-11-21(12-15-28)17-20-8-5-4-6-9-20/h4-10,13,16,18,21,25,30H,3,11-12,14-15,17H2,1-2H3/t25-/m0/s1. The van der Waals surface area contributed by atoms with Gasteiger partial charge in [0.25, 0.3) is 5.56 Å². The van der Waals surface area contributed by atoms with Gasteiger partial charge in [-0.1, -0.05) is 36.4 Å². The van der Waals surface area contributed by atoms with Crippen molar-refractivity contribution in [1.29, 1.82) is 0 Å². The maximum atomic E-state index is 13.4. The van der Waals surface area contributed by atoms with E-state index >= 15 is 0 Å². The van der Waals surface area contributed by atoms with Crippen molar-refractivity contribution in [2.24, 2.45) is 5.92 Å². The molecule has 31 heavy (non-hydrogen) atoms. The average Bonchev–Trinajstić information content (AvgIpc) is 2.79. The molecule has 5 heteroatoms. The summed E-state index contributed by atoms with van der Waals surface area (Å²) in [5, 5.41) is 10.8. The monoisotopic (exact) mass is 417 g/mol. The topological polar surface area (TPSA) is 58.4 Å². The van der Waals surface area contributed by atoms with Crippen LogP contribution in [0, 0.1) is 12.8 Å². The molecule has 5 nitrogen and oxygen atoms in total. The molecule has 3 heterocycles. The predicted octanol–water partition coefficient (Wildman–Crippen LogP) is 4.32. The number of rotatable bonds is 6. The van der Waals surface area contributed by atoms with E-state index in [2.05, 4.69) is 40.2 Å². The van der Waals surface area contributed by atoms with Gasteiger partial charge in [-0.05, 0) is 75.4 Å². The Balaban J connectivity index is 1.63. The highest BCUT2D eigenvalue weighted by atomic mass is 16.3. The van der Waals surface area contributed by atoms with Crippen LogP contribution in [0.1, 0.15) is 48.2 Å². The molecule has 0 amide bonds. The summed E-state index contributed by atoms with van der Waals surface area (Å²) in [5.41, 5.74) is 3.46. The normalized spacial score (nSPS) is 16.3. The van der Waals surface area contributed by atoms with Crippen molar-refractivity contribution in [2.75, 3.05) is 13.1 Å². The van der Waals surface area contributed by atoms with Crippen molar-refractivity contribution in [3.63, 3.8) is 0 Å². The number of likely N-dealkylation sites (tertiary alicyclic amines) is 1. The van der Waals surface area contributed by atoms with Crippen LogP contribution >= 0.6 is 0 Å². The van der Waals surface area contributed by atoms with Crippen molar-refractivity contribution in [3.05, 3.63) is 93.7 Å². The highest BCUT2D eigenvalue weighted by molar-refractivity contribution is 5.40. The van der Waals surface area contributed by atoms with Crippen molar-refractivity contribution < 1.29 is 5.11 Å². The molecule has 1 atom stereocenters. The van der Waals surface area contributed by atoms with Crippen LogP contribution in [0.25, 0.3) is 0 Å². The van der Waals surface area contributed by atoms with Crippen LogP contribution in [0.3, 0.4) is 0 Å². The zero-order valence-electron chi connectivity index (χ0n) is 18.4. The van der Waals surface area contributed by atoms with Gasteiger partial charge in [-0.25, -0.2) is 0 Å². The lowest BCUT2D eigenvalue weighted by Gasteiger charge is -2.38. The van der Waals surface area contributed by atoms with Crippen molar-refractivity contribution in [1.82, 2.24) is 14.5 Å². The lowest BCUT2D eigenvalue weighted by atomic mass is 9.88. The Bertz CT molecular complexity index is 1060. The largest absolute Gasteiger partial charge is 0.507 e. The molecular weight excluding hydrogens is 386 g/mol. The zero-order chi connectivity index (χ0) is 21.8. The summed E-state index contributed by atoms with van der Waals surface area (Å²) in [6, 6.07) is 16.0. The molecular formula is C26H31N3O2. The maximum absolute atomic E-state index is 13.4. The number of hydrogen-bond donors (Lipinski definition) is 1. The van der Waals surface area contributed by atoms with E-state index in [-0.39, 0.29) is 17.4 Å². The van der Waals surface area contributed by atoms with E-state index in [4.69, 9.17) is 0 Å². The molecule has 1 aromatic carbocycles. The van der Waals surface area contributed by atoms with Crippen LogP contribution in [0.5, 0.6) is 5.75 Å². The second kappa shape index (κ2) is 9.48. The molecule has 1 fully saturated rings. The number of aromatic hydroxyl groups is 1. The van der Waals surface area contributed by atoms with Gasteiger partial charge in [0.1, 0.15) is 5.75 Å². The van der Waals surface area contributed by atoms with Crippen molar-refractivity contribution >= 4 is 0 Å². The highest BCUT2D eigenvalue weighted by Gasteiger charge is 2.32. The number of hydrogen-bond acceptors (Lipinski definition) is 4. The Morgan fingerprint density at radius 2 is 1.87 bits per heavy atom. The third-order valence-electron chi connectivity index (χ3n) is 6.49. The molecule has 0 bridgehead atoms. The van der Waals surface area contributed by atoms with Gasteiger partial charge in [-0.2, -0.15) is 0 Å². The van der Waals surface area contributed by atoms with Crippen LogP contribution in [-0.2, 0) is 13.0 Å². The third kappa shape index (κ3) is 4.57. The Labute approximate surface area is 184 Å². The lowest BCUT2D eigenvalue weighted by Crippen LogP contribution is -2.40. The molecule has 2 aromatic heterocycles. The number of aryl methyl sites for hydroxylation is 1. The molecule has 0 saturated carbocycles. The van der Waals surface area contributed by atoms with Gasteiger partial charge >= 0.3 is 0 Å². The summed E-state index contributed by atoms with van der Waals surface area (Å²) in [6.45, 7) is 6.18. The predicted molar refractivity (Wildman–Crippen MR) is 123 cm³/mol. The van der Waals surface area contributed by atoms with E-state index in [0.29, 0.717) is 18.0 Å². The number of pyridine rings is 2. The minimum Gasteiger partial charge on any atom is -0.507 e. The minimum atomic E-state index is -0.294. The van der Waals surface area contributed by atoms with Gasteiger partial charge in [0.05, 0.1) is 11.6 Å². The zero-order valence-corrected chi connectivity index (χ0v) is 18.4. The Morgan fingerprint density at radius 1 is 1.13 bits per heavy atom. The fourth-order valence-electron chi connectivity index (χ4n) is 4.88. The first kappa shape index (κ1) is 21.3. The van der Waals surface area contributed by atoms with E-state index in [1.165, 1.54) is 5.56 Å². The number of benzene rings is 1. The summed E-state index contributed by atoms with van der Waals surface area (Å²) in [7, 11) is 0. The van der Waals surface area contributed by atoms with Crippen LogP contribution in [-0.4, -0.2) is 32.6 Å². The Kier molecular flexibility index (Phi) is 6.52. The van der Waals surface area contributed by atoms with Crippen LogP contribution in [0.2, 0.25) is 0 Å². The fraction of sp³-hybridized carbons (Fsp3) is 0.385. The molecule has 0 spiro atoms. The summed E-state index contributed by atoms with van der Waals surface area (Å²) in [6.07, 6.45) is 6.78. The van der Waals surface area contributed by atoms with Gasteiger partial charge in [0.2, 0.25) is 0 Å². The van der Waals surface area contributed by atoms with E-state index in [1.54, 1.807) is 16.8 Å². The fourth-order valence-corrected chi connectivity index (χ4v) is 4.88. The minimum absolute atomic E-state index is 0.0764. The lowest BCUT2D eigenvalue weighted by molar-refractivity contribution is 0.148. The molecule has 0 unspecified atom stereocenters. The van der Waals surface area contributed by atoms with E-state index in [1.807, 2.05) is 32.2 Å². The average molecular weight is 418 g/mol. The van der Waals surface area contributed by atoms with Crippen LogP contribution in [0.4, 0.5) is 0 Å². The van der Waals surface area contributed by atoms with E-state index < -0.39 is 0 Å². The molecule has 1 aliphatic rings. The number of aromatic nitrogens is 2. The molecule has 1 aliphatic heterocycles. The second-order valence-electron chi connectivity index (χ2n) is 8.49. The van der Waals surface area contributed by atoms with E-state index in [0.717, 1.165) is 43.6 Å². The van der Waals surface area contributed by atoms with Crippen LogP contribution in [0.15, 0.2) is 65.7 Å².